The third-order valence-electron chi connectivity index (χ3n) is 2.11. The molecule has 0 radical (unpaired) electrons. The lowest BCUT2D eigenvalue weighted by atomic mass is 10.2. The molecular formula is C11H24O. The molecule has 74 valence electrons. The van der Waals surface area contributed by atoms with Crippen molar-refractivity contribution in [3.63, 3.8) is 0 Å². The van der Waals surface area contributed by atoms with Crippen molar-refractivity contribution < 1.29 is 4.74 Å². The quantitative estimate of drug-likeness (QED) is 0.591. The first-order valence-corrected chi connectivity index (χ1v) is 5.39. The van der Waals surface area contributed by atoms with Gasteiger partial charge in [0.2, 0.25) is 0 Å². The van der Waals surface area contributed by atoms with Crippen LogP contribution in [-0.4, -0.2) is 13.2 Å². The second kappa shape index (κ2) is 9.05. The highest BCUT2D eigenvalue weighted by Crippen LogP contribution is 2.09. The smallest absolute Gasteiger partial charge is 0.0492 e. The second-order valence-corrected chi connectivity index (χ2v) is 3.68. The summed E-state index contributed by atoms with van der Waals surface area (Å²) in [7, 11) is 0. The molecule has 0 aromatic heterocycles. The van der Waals surface area contributed by atoms with Crippen molar-refractivity contribution in [1.82, 2.24) is 0 Å². The van der Waals surface area contributed by atoms with Gasteiger partial charge in [0.25, 0.3) is 0 Å². The molecule has 0 spiro atoms. The van der Waals surface area contributed by atoms with E-state index >= 15 is 0 Å². The van der Waals surface area contributed by atoms with Crippen molar-refractivity contribution in [2.45, 2.75) is 52.9 Å². The van der Waals surface area contributed by atoms with Gasteiger partial charge in [-0.25, -0.2) is 0 Å². The maximum atomic E-state index is 5.06. The van der Waals surface area contributed by atoms with Gasteiger partial charge < -0.3 is 4.74 Å². The molecule has 0 saturated carbocycles. The molecule has 1 fully saturated rings. The first-order valence-electron chi connectivity index (χ1n) is 5.39. The van der Waals surface area contributed by atoms with Crippen molar-refractivity contribution in [3.05, 3.63) is 0 Å². The molecule has 0 aromatic carbocycles. The zero-order valence-corrected chi connectivity index (χ0v) is 8.94. The van der Waals surface area contributed by atoms with Crippen molar-refractivity contribution in [1.29, 1.82) is 0 Å². The monoisotopic (exact) mass is 172 g/mol. The van der Waals surface area contributed by atoms with Gasteiger partial charge in [0.15, 0.2) is 0 Å². The molecule has 0 amide bonds. The Hall–Kier alpha value is -0.0400. The van der Waals surface area contributed by atoms with E-state index in [0.717, 1.165) is 19.1 Å². The minimum absolute atomic E-state index is 0.824. The Morgan fingerprint density at radius 1 is 1.17 bits per heavy atom. The van der Waals surface area contributed by atoms with E-state index < -0.39 is 0 Å². The third-order valence-corrected chi connectivity index (χ3v) is 2.11. The molecule has 12 heavy (non-hydrogen) atoms. The van der Waals surface area contributed by atoms with Crippen LogP contribution < -0.4 is 0 Å². The average Bonchev–Trinajstić information content (AvgIpc) is 2.53. The summed E-state index contributed by atoms with van der Waals surface area (Å²) in [5, 5.41) is 0. The lowest BCUT2D eigenvalue weighted by molar-refractivity contribution is 0.188. The summed E-state index contributed by atoms with van der Waals surface area (Å²) in [6.45, 7) is 8.65. The van der Waals surface area contributed by atoms with Gasteiger partial charge in [-0.05, 0) is 12.3 Å². The number of hydrogen-bond donors (Lipinski definition) is 0. The van der Waals surface area contributed by atoms with E-state index in [1.807, 2.05) is 0 Å². The molecule has 1 rings (SSSR count). The number of ether oxygens (including phenoxy) is 1. The van der Waals surface area contributed by atoms with E-state index in [9.17, 15) is 0 Å². The molecule has 1 aliphatic rings. The van der Waals surface area contributed by atoms with Crippen LogP contribution in [0.2, 0.25) is 0 Å². The van der Waals surface area contributed by atoms with Crippen molar-refractivity contribution >= 4 is 0 Å². The SMILES string of the molecule is CC1CCOC1.CCCCCC. The van der Waals surface area contributed by atoms with Crippen LogP contribution in [0.1, 0.15) is 52.9 Å². The Morgan fingerprint density at radius 2 is 1.75 bits per heavy atom. The summed E-state index contributed by atoms with van der Waals surface area (Å²) in [6.07, 6.45) is 6.80. The zero-order chi connectivity index (χ0) is 9.23. The summed E-state index contributed by atoms with van der Waals surface area (Å²) >= 11 is 0. The van der Waals surface area contributed by atoms with Gasteiger partial charge in [0.1, 0.15) is 0 Å². The number of hydrogen-bond acceptors (Lipinski definition) is 1. The Morgan fingerprint density at radius 3 is 1.92 bits per heavy atom. The fraction of sp³-hybridized carbons (Fsp3) is 1.00. The van der Waals surface area contributed by atoms with Crippen LogP contribution in [0.25, 0.3) is 0 Å². The van der Waals surface area contributed by atoms with Gasteiger partial charge in [-0.15, -0.1) is 0 Å². The van der Waals surface area contributed by atoms with Gasteiger partial charge >= 0.3 is 0 Å². The second-order valence-electron chi connectivity index (χ2n) is 3.68. The van der Waals surface area contributed by atoms with Crippen LogP contribution in [0.15, 0.2) is 0 Å². The molecule has 0 bridgehead atoms. The van der Waals surface area contributed by atoms with E-state index in [2.05, 4.69) is 20.8 Å². The molecule has 1 heterocycles. The van der Waals surface area contributed by atoms with Crippen LogP contribution in [0.4, 0.5) is 0 Å². The highest BCUT2D eigenvalue weighted by molar-refractivity contribution is 4.55. The Labute approximate surface area is 77.5 Å². The van der Waals surface area contributed by atoms with Crippen LogP contribution in [0.5, 0.6) is 0 Å². The predicted molar refractivity (Wildman–Crippen MR) is 54.4 cm³/mol. The van der Waals surface area contributed by atoms with Crippen molar-refractivity contribution in [2.24, 2.45) is 5.92 Å². The fourth-order valence-corrected chi connectivity index (χ4v) is 1.15. The van der Waals surface area contributed by atoms with Crippen molar-refractivity contribution in [3.8, 4) is 0 Å². The van der Waals surface area contributed by atoms with Crippen LogP contribution in [-0.2, 0) is 4.74 Å². The van der Waals surface area contributed by atoms with E-state index in [-0.39, 0.29) is 0 Å². The van der Waals surface area contributed by atoms with Gasteiger partial charge in [-0.2, -0.15) is 0 Å². The standard InChI is InChI=1S/C6H14.C5H10O/c1-3-5-6-4-2;1-5-2-3-6-4-5/h3-6H2,1-2H3;5H,2-4H2,1H3. The first-order chi connectivity index (χ1) is 5.81. The van der Waals surface area contributed by atoms with Gasteiger partial charge in [0, 0.05) is 13.2 Å². The summed E-state index contributed by atoms with van der Waals surface area (Å²) < 4.78 is 5.06. The Bertz CT molecular complexity index is 71.1. The van der Waals surface area contributed by atoms with Gasteiger partial charge in [-0.3, -0.25) is 0 Å². The number of unbranched alkanes of at least 4 members (excludes halogenated alkanes) is 3. The average molecular weight is 172 g/mol. The topological polar surface area (TPSA) is 9.23 Å². The molecule has 0 aliphatic carbocycles. The molecule has 1 nitrogen and oxygen atoms in total. The maximum absolute atomic E-state index is 5.06. The molecule has 1 saturated heterocycles. The lowest BCUT2D eigenvalue weighted by Gasteiger charge is -1.89. The molecule has 0 N–H and O–H groups in total. The predicted octanol–water partition coefficient (Wildman–Crippen LogP) is 3.63. The molecule has 0 aromatic rings. The normalized spacial score (nSPS) is 21.8. The summed E-state index contributed by atoms with van der Waals surface area (Å²) in [4.78, 5) is 0. The molecule has 1 aliphatic heterocycles. The van der Waals surface area contributed by atoms with E-state index in [1.54, 1.807) is 0 Å². The van der Waals surface area contributed by atoms with E-state index in [0.29, 0.717) is 0 Å². The van der Waals surface area contributed by atoms with Crippen molar-refractivity contribution in [2.75, 3.05) is 13.2 Å². The highest BCUT2D eigenvalue weighted by Gasteiger charge is 2.07. The first kappa shape index (κ1) is 12.0. The van der Waals surface area contributed by atoms with Gasteiger partial charge in [-0.1, -0.05) is 46.5 Å². The summed E-state index contributed by atoms with van der Waals surface area (Å²) in [5.41, 5.74) is 0. The van der Waals surface area contributed by atoms with Crippen LogP contribution in [0, 0.1) is 5.92 Å². The number of rotatable bonds is 3. The molecule has 1 unspecified atom stereocenters. The van der Waals surface area contributed by atoms with Gasteiger partial charge in [0.05, 0.1) is 0 Å². The van der Waals surface area contributed by atoms with E-state index in [4.69, 9.17) is 4.74 Å². The molecule has 1 heteroatoms. The highest BCUT2D eigenvalue weighted by atomic mass is 16.5. The Kier molecular flexibility index (Phi) is 9.02. The largest absolute Gasteiger partial charge is 0.381 e. The lowest BCUT2D eigenvalue weighted by Crippen LogP contribution is -1.88. The van der Waals surface area contributed by atoms with Crippen LogP contribution >= 0.6 is 0 Å². The maximum Gasteiger partial charge on any atom is 0.0492 e. The minimum Gasteiger partial charge on any atom is -0.381 e. The van der Waals surface area contributed by atoms with Crippen LogP contribution in [0.3, 0.4) is 0 Å². The third kappa shape index (κ3) is 8.06. The minimum atomic E-state index is 0.824. The summed E-state index contributed by atoms with van der Waals surface area (Å²) in [5.74, 6) is 0.824. The summed E-state index contributed by atoms with van der Waals surface area (Å²) in [6, 6.07) is 0. The fourth-order valence-electron chi connectivity index (χ4n) is 1.15. The van der Waals surface area contributed by atoms with E-state index in [1.165, 1.54) is 32.1 Å². The Balaban J connectivity index is 0.000000202. The molecule has 1 atom stereocenters. The molecular weight excluding hydrogens is 148 g/mol. The zero-order valence-electron chi connectivity index (χ0n) is 8.94.